The fraction of sp³-hybridized carbons (Fsp3) is 1.00. The van der Waals surface area contributed by atoms with Crippen molar-refractivity contribution in [3.63, 3.8) is 0 Å². The van der Waals surface area contributed by atoms with Crippen LogP contribution in [0.25, 0.3) is 0 Å². The molecule has 0 spiro atoms. The minimum absolute atomic E-state index is 0.526. The van der Waals surface area contributed by atoms with Crippen LogP contribution in [0.1, 0.15) is 0 Å². The number of ether oxygens (including phenoxy) is 1. The first-order valence-electron chi connectivity index (χ1n) is 3.56. The van der Waals surface area contributed by atoms with Gasteiger partial charge in [-0.05, 0) is 0 Å². The molecule has 0 bridgehead atoms. The molecule has 72 valence electrons. The molecule has 0 aromatic heterocycles. The van der Waals surface area contributed by atoms with Gasteiger partial charge in [-0.15, -0.1) is 0 Å². The van der Waals surface area contributed by atoms with Crippen molar-refractivity contribution in [1.82, 2.24) is 0 Å². The Kier molecular flexibility index (Phi) is 2.99. The highest BCUT2D eigenvalue weighted by molar-refractivity contribution is 4.87. The molecule has 5 N–H and O–H groups in total. The molecular formula is C6H12O6. The van der Waals surface area contributed by atoms with E-state index in [0.717, 1.165) is 0 Å². The van der Waals surface area contributed by atoms with Gasteiger partial charge < -0.3 is 30.3 Å². The SMILES string of the molecule is OC[C@H]1O[C@H](O)[13C@H](O)[C@@H](O)[C@@H]1O. The van der Waals surface area contributed by atoms with Gasteiger partial charge in [0.15, 0.2) is 6.29 Å². The predicted molar refractivity (Wildman–Crippen MR) is 36.0 cm³/mol. The first-order valence-corrected chi connectivity index (χ1v) is 3.56. The predicted octanol–water partition coefficient (Wildman–Crippen LogP) is -3.22. The van der Waals surface area contributed by atoms with Gasteiger partial charge in [0, 0.05) is 0 Å². The third-order valence-electron chi connectivity index (χ3n) is 1.87. The molecule has 0 amide bonds. The summed E-state index contributed by atoms with van der Waals surface area (Å²) < 4.78 is 4.58. The summed E-state index contributed by atoms with van der Waals surface area (Å²) in [5.41, 5.74) is 0. The summed E-state index contributed by atoms with van der Waals surface area (Å²) >= 11 is 0. The topological polar surface area (TPSA) is 110 Å². The lowest BCUT2D eigenvalue weighted by atomic mass is 10.1. The van der Waals surface area contributed by atoms with Crippen LogP contribution in [-0.4, -0.2) is 62.8 Å². The first kappa shape index (κ1) is 9.85. The molecule has 1 fully saturated rings. The number of hydrogen-bond donors (Lipinski definition) is 5. The monoisotopic (exact) mass is 181 g/mol. The van der Waals surface area contributed by atoms with E-state index in [4.69, 9.17) is 25.5 Å². The maximum Gasteiger partial charge on any atom is 0.184 e. The second-order valence-corrected chi connectivity index (χ2v) is 2.72. The summed E-state index contributed by atoms with van der Waals surface area (Å²) in [5.74, 6) is 0. The lowest BCUT2D eigenvalue weighted by Gasteiger charge is -2.37. The van der Waals surface area contributed by atoms with E-state index in [-0.39, 0.29) is 0 Å². The first-order chi connectivity index (χ1) is 5.57. The van der Waals surface area contributed by atoms with Crippen molar-refractivity contribution in [3.05, 3.63) is 0 Å². The van der Waals surface area contributed by atoms with Crippen molar-refractivity contribution < 1.29 is 30.3 Å². The zero-order valence-electron chi connectivity index (χ0n) is 6.24. The molecule has 0 unspecified atom stereocenters. The van der Waals surface area contributed by atoms with E-state index in [0.29, 0.717) is 0 Å². The molecule has 0 aromatic carbocycles. The minimum Gasteiger partial charge on any atom is -0.394 e. The Morgan fingerprint density at radius 1 is 0.917 bits per heavy atom. The van der Waals surface area contributed by atoms with Crippen LogP contribution in [0.2, 0.25) is 0 Å². The molecular weight excluding hydrogens is 169 g/mol. The van der Waals surface area contributed by atoms with Crippen LogP contribution in [0.3, 0.4) is 0 Å². The van der Waals surface area contributed by atoms with Crippen LogP contribution < -0.4 is 0 Å². The zero-order valence-corrected chi connectivity index (χ0v) is 6.24. The third kappa shape index (κ3) is 1.58. The van der Waals surface area contributed by atoms with Crippen molar-refractivity contribution in [3.8, 4) is 0 Å². The molecule has 1 heterocycles. The van der Waals surface area contributed by atoms with Crippen LogP contribution in [0.5, 0.6) is 0 Å². The van der Waals surface area contributed by atoms with Gasteiger partial charge in [0.1, 0.15) is 24.4 Å². The Bertz CT molecular complexity index is 146. The van der Waals surface area contributed by atoms with Gasteiger partial charge in [-0.2, -0.15) is 0 Å². The van der Waals surface area contributed by atoms with Crippen LogP contribution in [0, 0.1) is 0 Å². The van der Waals surface area contributed by atoms with E-state index in [9.17, 15) is 0 Å². The molecule has 12 heavy (non-hydrogen) atoms. The Balaban J connectivity index is 2.63. The fourth-order valence-electron chi connectivity index (χ4n) is 1.08. The molecule has 5 atom stereocenters. The standard InChI is InChI=1S/C6H12O6/c7-1-2-3(8)4(9)5(10)6(11)12-2/h2-11H,1H2/t2-,3-,4+,5-,6+/m1/s1/i5+1. The Hall–Kier alpha value is -0.240. The zero-order chi connectivity index (χ0) is 9.30. The van der Waals surface area contributed by atoms with Crippen molar-refractivity contribution in [1.29, 1.82) is 0 Å². The van der Waals surface area contributed by atoms with Crippen LogP contribution in [0.15, 0.2) is 0 Å². The lowest BCUT2D eigenvalue weighted by Crippen LogP contribution is -2.58. The maximum absolute atomic E-state index is 9.12. The summed E-state index contributed by atoms with van der Waals surface area (Å²) in [7, 11) is 0. The van der Waals surface area contributed by atoms with E-state index in [1.165, 1.54) is 0 Å². The fourth-order valence-corrected chi connectivity index (χ4v) is 1.08. The molecule has 1 aliphatic heterocycles. The Morgan fingerprint density at radius 3 is 2.00 bits per heavy atom. The smallest absolute Gasteiger partial charge is 0.184 e. The highest BCUT2D eigenvalue weighted by atomic mass is 16.7. The molecule has 0 aromatic rings. The number of aliphatic hydroxyl groups is 5. The van der Waals surface area contributed by atoms with Gasteiger partial charge in [-0.25, -0.2) is 0 Å². The Labute approximate surface area is 68.6 Å². The summed E-state index contributed by atoms with van der Waals surface area (Å²) in [6.07, 6.45) is -7.04. The van der Waals surface area contributed by atoms with Crippen molar-refractivity contribution in [2.75, 3.05) is 6.61 Å². The van der Waals surface area contributed by atoms with Gasteiger partial charge in [0.2, 0.25) is 0 Å². The summed E-state index contributed by atoms with van der Waals surface area (Å²) in [5, 5.41) is 44.7. The quantitative estimate of drug-likeness (QED) is 0.272. The van der Waals surface area contributed by atoms with E-state index >= 15 is 0 Å². The third-order valence-corrected chi connectivity index (χ3v) is 1.87. The number of aliphatic hydroxyl groups excluding tert-OH is 5. The van der Waals surface area contributed by atoms with Crippen molar-refractivity contribution in [2.45, 2.75) is 30.7 Å². The average molecular weight is 181 g/mol. The molecule has 6 nitrogen and oxygen atoms in total. The van der Waals surface area contributed by atoms with Crippen molar-refractivity contribution >= 4 is 0 Å². The molecule has 1 saturated heterocycles. The molecule has 0 aliphatic carbocycles. The second kappa shape index (κ2) is 3.65. The summed E-state index contributed by atoms with van der Waals surface area (Å²) in [6, 6.07) is 0. The second-order valence-electron chi connectivity index (χ2n) is 2.72. The van der Waals surface area contributed by atoms with Gasteiger partial charge in [-0.1, -0.05) is 0 Å². The van der Waals surface area contributed by atoms with E-state index in [1.807, 2.05) is 0 Å². The van der Waals surface area contributed by atoms with Crippen molar-refractivity contribution in [2.24, 2.45) is 0 Å². The maximum atomic E-state index is 9.12. The van der Waals surface area contributed by atoms with Gasteiger partial charge >= 0.3 is 0 Å². The number of rotatable bonds is 1. The molecule has 1 rings (SSSR count). The van der Waals surface area contributed by atoms with Crippen LogP contribution in [-0.2, 0) is 4.74 Å². The molecule has 6 heteroatoms. The van der Waals surface area contributed by atoms with Gasteiger partial charge in [0.25, 0.3) is 0 Å². The Morgan fingerprint density at radius 2 is 1.50 bits per heavy atom. The average Bonchev–Trinajstić information content (AvgIpc) is 2.08. The lowest BCUT2D eigenvalue weighted by molar-refractivity contribution is -0.286. The van der Waals surface area contributed by atoms with E-state index in [1.54, 1.807) is 0 Å². The van der Waals surface area contributed by atoms with E-state index < -0.39 is 37.3 Å². The van der Waals surface area contributed by atoms with Crippen LogP contribution >= 0.6 is 0 Å². The normalized spacial score (nSPS) is 49.2. The molecule has 1 aliphatic rings. The highest BCUT2D eigenvalue weighted by Gasteiger charge is 2.42. The number of hydrogen-bond acceptors (Lipinski definition) is 6. The highest BCUT2D eigenvalue weighted by Crippen LogP contribution is 2.18. The van der Waals surface area contributed by atoms with Gasteiger partial charge in [-0.3, -0.25) is 0 Å². The van der Waals surface area contributed by atoms with Crippen LogP contribution in [0.4, 0.5) is 0 Å². The van der Waals surface area contributed by atoms with E-state index in [2.05, 4.69) is 4.74 Å². The minimum atomic E-state index is -1.57. The molecule has 0 radical (unpaired) electrons. The summed E-state index contributed by atoms with van der Waals surface area (Å²) in [4.78, 5) is 0. The molecule has 0 saturated carbocycles. The van der Waals surface area contributed by atoms with Gasteiger partial charge in [0.05, 0.1) is 6.61 Å². The largest absolute Gasteiger partial charge is 0.394 e. The summed E-state index contributed by atoms with van der Waals surface area (Å²) in [6.45, 7) is -0.526.